The summed E-state index contributed by atoms with van der Waals surface area (Å²) in [6.45, 7) is 9.48. The van der Waals surface area contributed by atoms with Crippen molar-refractivity contribution in [2.75, 3.05) is 4.90 Å². The van der Waals surface area contributed by atoms with Crippen LogP contribution in [0.4, 0.5) is 17.1 Å². The molecule has 0 saturated heterocycles. The maximum Gasteiger partial charge on any atom is 0.0543 e. The fourth-order valence-corrected chi connectivity index (χ4v) is 11.1. The maximum atomic E-state index is 2.54. The van der Waals surface area contributed by atoms with Crippen LogP contribution in [0.15, 0.2) is 176 Å². The third kappa shape index (κ3) is 4.72. The molecule has 0 aliphatic heterocycles. The standard InChI is InChI=1S/C54H41NS/c1-53(2)44-24-10-6-20-41(44)52-45(53)25-15-27-48(52)55(36-17-13-16-34(32-36)38-22-14-29-50-51(38)42-21-8-12-28-49(42)56-50)47-26-11-7-18-37(47)35-30-31-40-39-19-5-9-23-43(39)54(3,4)46(40)33-35/h5-33H,1-4H3. The van der Waals surface area contributed by atoms with E-state index < -0.39 is 0 Å². The minimum Gasteiger partial charge on any atom is -0.309 e. The van der Waals surface area contributed by atoms with E-state index in [0.29, 0.717) is 0 Å². The molecular formula is C54H41NS. The van der Waals surface area contributed by atoms with E-state index in [-0.39, 0.29) is 10.8 Å². The van der Waals surface area contributed by atoms with Crippen molar-refractivity contribution < 1.29 is 0 Å². The van der Waals surface area contributed by atoms with Gasteiger partial charge in [-0.15, -0.1) is 11.3 Å². The second-order valence-electron chi connectivity index (χ2n) is 16.5. The summed E-state index contributed by atoms with van der Waals surface area (Å²) in [4.78, 5) is 2.54. The third-order valence-corrected chi connectivity index (χ3v) is 13.8. The van der Waals surface area contributed by atoms with Gasteiger partial charge >= 0.3 is 0 Å². The summed E-state index contributed by atoms with van der Waals surface area (Å²) < 4.78 is 2.64. The van der Waals surface area contributed by atoms with Crippen molar-refractivity contribution in [3.05, 3.63) is 198 Å². The number of rotatable bonds is 5. The molecule has 0 spiro atoms. The van der Waals surface area contributed by atoms with Crippen LogP contribution in [0.25, 0.3) is 64.7 Å². The van der Waals surface area contributed by atoms with Crippen LogP contribution in [0.3, 0.4) is 0 Å². The van der Waals surface area contributed by atoms with E-state index in [1.807, 2.05) is 11.3 Å². The fourth-order valence-electron chi connectivity index (χ4n) is 9.94. The molecule has 0 saturated carbocycles. The SMILES string of the molecule is CC1(C)c2ccccc2-c2ccc(-c3ccccc3N(c3cccc(-c4cccc5sc6ccccc6c45)c3)c3cccc4c3-c3ccccc3C4(C)C)cc21. The fraction of sp³-hybridized carbons (Fsp3) is 0.111. The Hall–Kier alpha value is -6.22. The summed E-state index contributed by atoms with van der Waals surface area (Å²) in [5.74, 6) is 0. The summed E-state index contributed by atoms with van der Waals surface area (Å²) in [7, 11) is 0. The number of hydrogen-bond donors (Lipinski definition) is 0. The van der Waals surface area contributed by atoms with E-state index in [1.165, 1.54) is 92.6 Å². The van der Waals surface area contributed by atoms with Gasteiger partial charge in [0.1, 0.15) is 0 Å². The number of thiophene rings is 1. The van der Waals surface area contributed by atoms with Gasteiger partial charge < -0.3 is 4.90 Å². The molecule has 0 amide bonds. The lowest BCUT2D eigenvalue weighted by Gasteiger charge is -2.31. The average Bonchev–Trinajstić information content (AvgIpc) is 3.81. The number of para-hydroxylation sites is 1. The average molecular weight is 736 g/mol. The minimum absolute atomic E-state index is 0.0900. The van der Waals surface area contributed by atoms with Crippen LogP contribution >= 0.6 is 11.3 Å². The van der Waals surface area contributed by atoms with Crippen LogP contribution in [-0.2, 0) is 10.8 Å². The molecule has 2 aliphatic rings. The molecule has 268 valence electrons. The minimum atomic E-state index is -0.120. The summed E-state index contributed by atoms with van der Waals surface area (Å²) in [5, 5.41) is 2.65. The van der Waals surface area contributed by atoms with Crippen molar-refractivity contribution in [1.82, 2.24) is 0 Å². The molecule has 0 radical (unpaired) electrons. The Bertz CT molecular complexity index is 3050. The van der Waals surface area contributed by atoms with Crippen molar-refractivity contribution in [2.24, 2.45) is 0 Å². The molecule has 0 fully saturated rings. The Labute approximate surface area is 333 Å². The monoisotopic (exact) mass is 735 g/mol. The van der Waals surface area contributed by atoms with Crippen molar-refractivity contribution in [3.8, 4) is 44.5 Å². The highest BCUT2D eigenvalue weighted by Gasteiger charge is 2.39. The van der Waals surface area contributed by atoms with Crippen LogP contribution in [0.2, 0.25) is 0 Å². The van der Waals surface area contributed by atoms with Crippen LogP contribution in [0, 0.1) is 0 Å². The smallest absolute Gasteiger partial charge is 0.0543 e. The molecule has 1 heterocycles. The van der Waals surface area contributed by atoms with Gasteiger partial charge in [-0.1, -0.05) is 161 Å². The highest BCUT2D eigenvalue weighted by molar-refractivity contribution is 7.25. The van der Waals surface area contributed by atoms with Gasteiger partial charge in [-0.2, -0.15) is 0 Å². The van der Waals surface area contributed by atoms with E-state index in [9.17, 15) is 0 Å². The van der Waals surface area contributed by atoms with Gasteiger partial charge in [0.25, 0.3) is 0 Å². The Kier molecular flexibility index (Phi) is 7.18. The summed E-state index contributed by atoms with van der Waals surface area (Å²) >= 11 is 1.87. The number of nitrogens with zero attached hydrogens (tertiary/aromatic N) is 1. The van der Waals surface area contributed by atoms with Crippen molar-refractivity contribution in [2.45, 2.75) is 38.5 Å². The first-order valence-corrected chi connectivity index (χ1v) is 20.5. The Morgan fingerprint density at radius 1 is 0.393 bits per heavy atom. The quantitative estimate of drug-likeness (QED) is 0.170. The molecule has 0 bridgehead atoms. The zero-order valence-electron chi connectivity index (χ0n) is 32.1. The first-order valence-electron chi connectivity index (χ1n) is 19.7. The zero-order valence-corrected chi connectivity index (χ0v) is 32.9. The molecular weight excluding hydrogens is 695 g/mol. The molecule has 56 heavy (non-hydrogen) atoms. The van der Waals surface area contributed by atoms with Gasteiger partial charge in [-0.05, 0) is 98.1 Å². The molecule has 1 nitrogen and oxygen atoms in total. The Balaban J connectivity index is 1.16. The molecule has 2 heteroatoms. The Morgan fingerprint density at radius 3 is 1.82 bits per heavy atom. The Morgan fingerprint density at radius 2 is 0.964 bits per heavy atom. The molecule has 0 N–H and O–H groups in total. The number of fused-ring (bicyclic) bond motifs is 9. The van der Waals surface area contributed by atoms with Crippen molar-refractivity contribution in [1.29, 1.82) is 0 Å². The molecule has 0 atom stereocenters. The van der Waals surface area contributed by atoms with Crippen molar-refractivity contribution >= 4 is 48.6 Å². The van der Waals surface area contributed by atoms with Crippen LogP contribution < -0.4 is 4.90 Å². The maximum absolute atomic E-state index is 2.54. The highest BCUT2D eigenvalue weighted by atomic mass is 32.1. The number of anilines is 3. The van der Waals surface area contributed by atoms with Gasteiger partial charge in [0.05, 0.1) is 11.4 Å². The number of benzene rings is 8. The molecule has 2 aliphatic carbocycles. The molecule has 11 rings (SSSR count). The predicted octanol–water partition coefficient (Wildman–Crippen LogP) is 15.5. The second-order valence-corrected chi connectivity index (χ2v) is 17.6. The highest BCUT2D eigenvalue weighted by Crippen LogP contribution is 2.56. The summed E-state index contributed by atoms with van der Waals surface area (Å²) in [6, 6.07) is 65.8. The predicted molar refractivity (Wildman–Crippen MR) is 240 cm³/mol. The zero-order chi connectivity index (χ0) is 37.8. The second kappa shape index (κ2) is 12.1. The van der Waals surface area contributed by atoms with E-state index in [1.54, 1.807) is 0 Å². The normalized spacial score (nSPS) is 14.4. The van der Waals surface area contributed by atoms with Crippen LogP contribution in [-0.4, -0.2) is 0 Å². The van der Waals surface area contributed by atoms with E-state index in [4.69, 9.17) is 0 Å². The van der Waals surface area contributed by atoms with E-state index in [2.05, 4.69) is 209 Å². The largest absolute Gasteiger partial charge is 0.309 e. The van der Waals surface area contributed by atoms with Crippen LogP contribution in [0.5, 0.6) is 0 Å². The first kappa shape index (κ1) is 33.1. The lowest BCUT2D eigenvalue weighted by Crippen LogP contribution is -2.16. The van der Waals surface area contributed by atoms with E-state index in [0.717, 1.165) is 11.4 Å². The van der Waals surface area contributed by atoms with Crippen molar-refractivity contribution in [3.63, 3.8) is 0 Å². The molecule has 8 aromatic carbocycles. The van der Waals surface area contributed by atoms with Gasteiger partial charge in [-0.3, -0.25) is 0 Å². The molecule has 0 unspecified atom stereocenters. The van der Waals surface area contributed by atoms with Gasteiger partial charge in [-0.25, -0.2) is 0 Å². The van der Waals surface area contributed by atoms with Gasteiger partial charge in [0.15, 0.2) is 0 Å². The topological polar surface area (TPSA) is 3.24 Å². The van der Waals surface area contributed by atoms with Crippen LogP contribution in [0.1, 0.15) is 49.9 Å². The summed E-state index contributed by atoms with van der Waals surface area (Å²) in [6.07, 6.45) is 0. The first-order chi connectivity index (χ1) is 27.3. The van der Waals surface area contributed by atoms with Gasteiger partial charge in [0.2, 0.25) is 0 Å². The molecule has 1 aromatic heterocycles. The van der Waals surface area contributed by atoms with E-state index >= 15 is 0 Å². The lowest BCUT2D eigenvalue weighted by atomic mass is 9.81. The summed E-state index contributed by atoms with van der Waals surface area (Å²) in [5.41, 5.74) is 19.0. The molecule has 9 aromatic rings. The lowest BCUT2D eigenvalue weighted by molar-refractivity contribution is 0.660. The van der Waals surface area contributed by atoms with Gasteiger partial charge in [0, 0.05) is 47.8 Å². The number of hydrogen-bond acceptors (Lipinski definition) is 2. The third-order valence-electron chi connectivity index (χ3n) is 12.7.